The molecule has 1 saturated heterocycles. The Morgan fingerprint density at radius 3 is 2.87 bits per heavy atom. The highest BCUT2D eigenvalue weighted by molar-refractivity contribution is 4.79. The molecule has 1 rings (SSSR count). The van der Waals surface area contributed by atoms with Gasteiger partial charge in [0.05, 0.1) is 12.2 Å². The van der Waals surface area contributed by atoms with E-state index < -0.39 is 0 Å². The molecule has 0 saturated carbocycles. The second-order valence-corrected chi connectivity index (χ2v) is 4.41. The van der Waals surface area contributed by atoms with Crippen LogP contribution in [0.1, 0.15) is 20.3 Å². The van der Waals surface area contributed by atoms with Gasteiger partial charge in [0.25, 0.3) is 0 Å². The van der Waals surface area contributed by atoms with E-state index in [2.05, 4.69) is 11.8 Å². The summed E-state index contributed by atoms with van der Waals surface area (Å²) in [6, 6.07) is 0. The molecule has 0 radical (unpaired) electrons. The summed E-state index contributed by atoms with van der Waals surface area (Å²) in [6.07, 6.45) is 0.868. The molecule has 0 aromatic rings. The van der Waals surface area contributed by atoms with Gasteiger partial charge >= 0.3 is 0 Å². The third-order valence-electron chi connectivity index (χ3n) is 3.07. The molecule has 0 bridgehead atoms. The molecule has 3 unspecified atom stereocenters. The molecule has 1 aliphatic rings. The molecule has 0 aromatic carbocycles. The number of ether oxygens (including phenoxy) is 1. The largest absolute Gasteiger partial charge is 0.393 e. The number of piperidine rings is 1. The maximum atomic E-state index is 9.61. The summed E-state index contributed by atoms with van der Waals surface area (Å²) in [5, 5.41) is 9.61. The van der Waals surface area contributed by atoms with E-state index in [1.54, 1.807) is 0 Å². The first-order valence-electron chi connectivity index (χ1n) is 5.89. The first kappa shape index (κ1) is 12.9. The molecule has 1 heterocycles. The summed E-state index contributed by atoms with van der Waals surface area (Å²) in [5.41, 5.74) is 5.64. The van der Waals surface area contributed by atoms with Crippen molar-refractivity contribution in [2.45, 2.75) is 32.5 Å². The van der Waals surface area contributed by atoms with Crippen molar-refractivity contribution in [1.29, 1.82) is 0 Å². The Kier molecular flexibility index (Phi) is 5.53. The Hall–Kier alpha value is -0.160. The van der Waals surface area contributed by atoms with Gasteiger partial charge in [0.15, 0.2) is 0 Å². The molecule has 4 heteroatoms. The van der Waals surface area contributed by atoms with Crippen molar-refractivity contribution < 1.29 is 9.84 Å². The van der Waals surface area contributed by atoms with Gasteiger partial charge < -0.3 is 20.5 Å². The third kappa shape index (κ3) is 4.07. The van der Waals surface area contributed by atoms with Crippen molar-refractivity contribution in [2.75, 3.05) is 32.8 Å². The van der Waals surface area contributed by atoms with Crippen LogP contribution in [-0.4, -0.2) is 55.0 Å². The van der Waals surface area contributed by atoms with Gasteiger partial charge in [-0.05, 0) is 19.3 Å². The topological polar surface area (TPSA) is 58.7 Å². The molecule has 90 valence electrons. The van der Waals surface area contributed by atoms with Gasteiger partial charge in [0, 0.05) is 32.8 Å². The highest BCUT2D eigenvalue weighted by Gasteiger charge is 2.25. The van der Waals surface area contributed by atoms with Crippen molar-refractivity contribution >= 4 is 0 Å². The number of nitrogens with zero attached hydrogens (tertiary/aromatic N) is 1. The van der Waals surface area contributed by atoms with Crippen LogP contribution in [0.5, 0.6) is 0 Å². The fraction of sp³-hybridized carbons (Fsp3) is 1.00. The summed E-state index contributed by atoms with van der Waals surface area (Å²) in [4.78, 5) is 2.34. The van der Waals surface area contributed by atoms with E-state index in [-0.39, 0.29) is 12.2 Å². The zero-order valence-corrected chi connectivity index (χ0v) is 9.85. The number of likely N-dealkylation sites (tertiary alicyclic amines) is 1. The van der Waals surface area contributed by atoms with Crippen molar-refractivity contribution in [1.82, 2.24) is 4.90 Å². The molecule has 15 heavy (non-hydrogen) atoms. The average molecular weight is 216 g/mol. The molecular formula is C11H24N2O2. The first-order chi connectivity index (χ1) is 7.17. The van der Waals surface area contributed by atoms with Crippen LogP contribution in [-0.2, 0) is 4.74 Å². The summed E-state index contributed by atoms with van der Waals surface area (Å²) >= 11 is 0. The average Bonchev–Trinajstić information content (AvgIpc) is 2.23. The van der Waals surface area contributed by atoms with Gasteiger partial charge in [-0.1, -0.05) is 6.92 Å². The van der Waals surface area contributed by atoms with Crippen molar-refractivity contribution in [3.63, 3.8) is 0 Å². The van der Waals surface area contributed by atoms with Crippen LogP contribution in [0.4, 0.5) is 0 Å². The van der Waals surface area contributed by atoms with E-state index in [9.17, 15) is 5.11 Å². The smallest absolute Gasteiger partial charge is 0.0823 e. The van der Waals surface area contributed by atoms with Crippen LogP contribution in [0.2, 0.25) is 0 Å². The quantitative estimate of drug-likeness (QED) is 0.682. The molecule has 4 nitrogen and oxygen atoms in total. The molecular weight excluding hydrogens is 192 g/mol. The van der Waals surface area contributed by atoms with Crippen LogP contribution in [0.3, 0.4) is 0 Å². The zero-order valence-electron chi connectivity index (χ0n) is 9.85. The monoisotopic (exact) mass is 216 g/mol. The van der Waals surface area contributed by atoms with E-state index >= 15 is 0 Å². The second-order valence-electron chi connectivity index (χ2n) is 4.41. The van der Waals surface area contributed by atoms with E-state index in [0.29, 0.717) is 19.1 Å². The van der Waals surface area contributed by atoms with E-state index in [1.165, 1.54) is 0 Å². The predicted octanol–water partition coefficient (Wildman–Crippen LogP) is 0.0529. The van der Waals surface area contributed by atoms with Gasteiger partial charge in [-0.2, -0.15) is 0 Å². The van der Waals surface area contributed by atoms with Crippen molar-refractivity contribution in [3.05, 3.63) is 0 Å². The van der Waals surface area contributed by atoms with Crippen LogP contribution < -0.4 is 5.73 Å². The zero-order chi connectivity index (χ0) is 11.3. The third-order valence-corrected chi connectivity index (χ3v) is 3.07. The van der Waals surface area contributed by atoms with Gasteiger partial charge in [0.2, 0.25) is 0 Å². The van der Waals surface area contributed by atoms with E-state index in [4.69, 9.17) is 10.5 Å². The molecule has 0 aliphatic carbocycles. The Morgan fingerprint density at radius 2 is 2.33 bits per heavy atom. The minimum atomic E-state index is -0.135. The van der Waals surface area contributed by atoms with Gasteiger partial charge in [-0.25, -0.2) is 0 Å². The fourth-order valence-corrected chi connectivity index (χ4v) is 2.10. The van der Waals surface area contributed by atoms with Crippen molar-refractivity contribution in [2.24, 2.45) is 11.7 Å². The Balaban J connectivity index is 2.31. The minimum absolute atomic E-state index is 0.135. The summed E-state index contributed by atoms with van der Waals surface area (Å²) in [5.74, 6) is 0.360. The lowest BCUT2D eigenvalue weighted by Crippen LogP contribution is -2.46. The fourth-order valence-electron chi connectivity index (χ4n) is 2.10. The Morgan fingerprint density at radius 1 is 1.60 bits per heavy atom. The Bertz CT molecular complexity index is 178. The molecule has 0 aromatic heterocycles. The second kappa shape index (κ2) is 6.43. The van der Waals surface area contributed by atoms with E-state index in [0.717, 1.165) is 26.1 Å². The lowest BCUT2D eigenvalue weighted by atomic mass is 9.96. The predicted molar refractivity (Wildman–Crippen MR) is 60.7 cm³/mol. The van der Waals surface area contributed by atoms with Gasteiger partial charge in [-0.3, -0.25) is 0 Å². The highest BCUT2D eigenvalue weighted by Crippen LogP contribution is 2.16. The normalized spacial score (nSPS) is 30.4. The molecule has 1 fully saturated rings. The summed E-state index contributed by atoms with van der Waals surface area (Å²) in [6.45, 7) is 8.16. The maximum Gasteiger partial charge on any atom is 0.0823 e. The standard InChI is InChI=1S/C11H24N2O2/c1-3-15-10(6-12)8-13-5-4-11(14)9(2)7-13/h9-11,14H,3-8,12H2,1-2H3. The lowest BCUT2D eigenvalue weighted by Gasteiger charge is -2.36. The van der Waals surface area contributed by atoms with Crippen LogP contribution >= 0.6 is 0 Å². The maximum absolute atomic E-state index is 9.61. The molecule has 0 spiro atoms. The number of hydrogen-bond donors (Lipinski definition) is 2. The molecule has 1 aliphatic heterocycles. The minimum Gasteiger partial charge on any atom is -0.393 e. The van der Waals surface area contributed by atoms with Crippen LogP contribution in [0.15, 0.2) is 0 Å². The lowest BCUT2D eigenvalue weighted by molar-refractivity contribution is -0.00397. The van der Waals surface area contributed by atoms with Crippen LogP contribution in [0, 0.1) is 5.92 Å². The number of nitrogens with two attached hydrogens (primary N) is 1. The number of hydrogen-bond acceptors (Lipinski definition) is 4. The summed E-state index contributed by atoms with van der Waals surface area (Å²) in [7, 11) is 0. The Labute approximate surface area is 92.4 Å². The first-order valence-corrected chi connectivity index (χ1v) is 5.89. The van der Waals surface area contributed by atoms with Crippen LogP contribution in [0.25, 0.3) is 0 Å². The summed E-state index contributed by atoms with van der Waals surface area (Å²) < 4.78 is 5.53. The van der Waals surface area contributed by atoms with Gasteiger partial charge in [-0.15, -0.1) is 0 Å². The number of aliphatic hydroxyl groups excluding tert-OH is 1. The number of rotatable bonds is 5. The SMILES string of the molecule is CCOC(CN)CN1CCC(O)C(C)C1. The molecule has 3 N–H and O–H groups in total. The number of aliphatic hydroxyl groups is 1. The molecule has 0 amide bonds. The van der Waals surface area contributed by atoms with Crippen molar-refractivity contribution in [3.8, 4) is 0 Å². The highest BCUT2D eigenvalue weighted by atomic mass is 16.5. The van der Waals surface area contributed by atoms with Gasteiger partial charge in [0.1, 0.15) is 0 Å². The van der Waals surface area contributed by atoms with E-state index in [1.807, 2.05) is 6.92 Å². The molecule has 3 atom stereocenters.